The highest BCUT2D eigenvalue weighted by Crippen LogP contribution is 2.37. The normalized spacial score (nSPS) is 16.3. The molecule has 2 aromatic carbocycles. The smallest absolute Gasteiger partial charge is 0.344 e. The maximum atomic E-state index is 13.6. The molecule has 0 spiro atoms. The van der Waals surface area contributed by atoms with Crippen LogP contribution < -0.4 is 5.32 Å². The molecule has 39 heavy (non-hydrogen) atoms. The van der Waals surface area contributed by atoms with Gasteiger partial charge in [-0.2, -0.15) is 18.3 Å². The van der Waals surface area contributed by atoms with Gasteiger partial charge in [0.05, 0.1) is 11.7 Å². The van der Waals surface area contributed by atoms with Crippen molar-refractivity contribution in [2.45, 2.75) is 57.2 Å². The van der Waals surface area contributed by atoms with Gasteiger partial charge < -0.3 is 5.32 Å². The summed E-state index contributed by atoms with van der Waals surface area (Å²) in [5, 5.41) is 8.17. The Balaban J connectivity index is 1.60. The number of benzene rings is 2. The molecule has 202 valence electrons. The fraction of sp³-hybridized carbons (Fsp3) is 0.310. The summed E-state index contributed by atoms with van der Waals surface area (Å²) in [6, 6.07) is 17.6. The number of halogens is 4. The van der Waals surface area contributed by atoms with Gasteiger partial charge in [0, 0.05) is 22.7 Å². The third kappa shape index (κ3) is 5.98. The Kier molecular flexibility index (Phi) is 7.70. The lowest BCUT2D eigenvalue weighted by molar-refractivity contribution is -0.141. The van der Waals surface area contributed by atoms with Crippen LogP contribution in [0.4, 0.5) is 13.2 Å². The molecule has 4 aromatic rings. The van der Waals surface area contributed by atoms with Crippen LogP contribution in [-0.4, -0.2) is 25.7 Å². The lowest BCUT2D eigenvalue weighted by Crippen LogP contribution is -2.28. The highest BCUT2D eigenvalue weighted by molar-refractivity contribution is 6.30. The Morgan fingerprint density at radius 3 is 2.67 bits per heavy atom. The van der Waals surface area contributed by atoms with Crippen molar-refractivity contribution >= 4 is 17.5 Å². The molecular formula is C29H27ClF3N5O. The van der Waals surface area contributed by atoms with E-state index in [1.165, 1.54) is 4.68 Å². The van der Waals surface area contributed by atoms with Crippen molar-refractivity contribution in [3.63, 3.8) is 0 Å². The predicted molar refractivity (Wildman–Crippen MR) is 142 cm³/mol. The van der Waals surface area contributed by atoms with E-state index < -0.39 is 17.8 Å². The zero-order valence-corrected chi connectivity index (χ0v) is 22.0. The second-order valence-corrected chi connectivity index (χ2v) is 10.2. The van der Waals surface area contributed by atoms with Gasteiger partial charge in [0.15, 0.2) is 5.69 Å². The van der Waals surface area contributed by atoms with Crippen LogP contribution in [0.15, 0.2) is 66.9 Å². The lowest BCUT2D eigenvalue weighted by Gasteiger charge is -2.18. The Bertz CT molecular complexity index is 1470. The molecule has 0 fully saturated rings. The Labute approximate surface area is 229 Å². The van der Waals surface area contributed by atoms with Gasteiger partial charge >= 0.3 is 6.18 Å². The van der Waals surface area contributed by atoms with E-state index in [0.29, 0.717) is 23.6 Å². The van der Waals surface area contributed by atoms with Crippen molar-refractivity contribution in [1.29, 1.82) is 0 Å². The van der Waals surface area contributed by atoms with Crippen LogP contribution in [-0.2, 0) is 19.0 Å². The second kappa shape index (κ2) is 11.2. The molecule has 2 aromatic heterocycles. The molecule has 0 bridgehead atoms. The summed E-state index contributed by atoms with van der Waals surface area (Å²) in [5.74, 6) is -0.731. The summed E-state index contributed by atoms with van der Waals surface area (Å²) in [4.78, 5) is 21.5. The van der Waals surface area contributed by atoms with Crippen LogP contribution >= 0.6 is 11.6 Å². The van der Waals surface area contributed by atoms with Crippen LogP contribution in [0.1, 0.15) is 76.7 Å². The van der Waals surface area contributed by atoms with Gasteiger partial charge in [0.1, 0.15) is 5.69 Å². The summed E-state index contributed by atoms with van der Waals surface area (Å²) < 4.78 is 41.9. The predicted octanol–water partition coefficient (Wildman–Crippen LogP) is 6.88. The van der Waals surface area contributed by atoms with E-state index >= 15 is 0 Å². The van der Waals surface area contributed by atoms with Gasteiger partial charge in [-0.3, -0.25) is 4.79 Å². The molecule has 1 amide bonds. The lowest BCUT2D eigenvalue weighted by atomic mass is 9.91. The average molecular weight is 554 g/mol. The molecule has 0 radical (unpaired) electrons. The minimum Gasteiger partial charge on any atom is -0.344 e. The fourth-order valence-electron chi connectivity index (χ4n) is 5.14. The summed E-state index contributed by atoms with van der Waals surface area (Å²) in [5.41, 5.74) is 2.42. The highest BCUT2D eigenvalue weighted by Gasteiger charge is 2.35. The first kappa shape index (κ1) is 26.9. The van der Waals surface area contributed by atoms with Crippen molar-refractivity contribution in [2.24, 2.45) is 0 Å². The molecule has 6 nitrogen and oxygen atoms in total. The van der Waals surface area contributed by atoms with Crippen LogP contribution in [0.25, 0.3) is 5.95 Å². The monoisotopic (exact) mass is 553 g/mol. The van der Waals surface area contributed by atoms with Gasteiger partial charge in [-0.15, -0.1) is 0 Å². The van der Waals surface area contributed by atoms with Crippen molar-refractivity contribution in [1.82, 2.24) is 25.1 Å². The first-order chi connectivity index (χ1) is 18.7. The third-order valence-electron chi connectivity index (χ3n) is 7.00. The molecule has 0 saturated carbocycles. The summed E-state index contributed by atoms with van der Waals surface area (Å²) in [6.45, 7) is 1.88. The molecule has 1 aliphatic carbocycles. The van der Waals surface area contributed by atoms with Gasteiger partial charge in [-0.25, -0.2) is 14.6 Å². The molecule has 10 heteroatoms. The molecule has 2 atom stereocenters. The Hall–Kier alpha value is -3.72. The van der Waals surface area contributed by atoms with Gasteiger partial charge in [-0.1, -0.05) is 60.5 Å². The number of fused-ring (bicyclic) bond motifs is 1. The van der Waals surface area contributed by atoms with E-state index in [2.05, 4.69) is 20.4 Å². The number of alkyl halides is 3. The Morgan fingerprint density at radius 1 is 1.13 bits per heavy atom. The van der Waals surface area contributed by atoms with Crippen LogP contribution in [0.3, 0.4) is 0 Å². The van der Waals surface area contributed by atoms with E-state index in [1.54, 1.807) is 6.07 Å². The second-order valence-electron chi connectivity index (χ2n) is 9.75. The quantitative estimate of drug-likeness (QED) is 0.264. The SMILES string of the molecule is C[C@@H](NC(=O)c1nn(-c2nccc(C(F)(F)F)n2)c2c1CCCCC2Cc1cccc(Cl)c1)c1ccccc1. The Morgan fingerprint density at radius 2 is 1.92 bits per heavy atom. The van der Waals surface area contributed by atoms with Crippen LogP contribution in [0, 0.1) is 0 Å². The van der Waals surface area contributed by atoms with Crippen molar-refractivity contribution < 1.29 is 18.0 Å². The number of aromatic nitrogens is 4. The molecular weight excluding hydrogens is 527 g/mol. The first-order valence-electron chi connectivity index (χ1n) is 12.8. The van der Waals surface area contributed by atoms with E-state index in [1.807, 2.05) is 55.5 Å². The summed E-state index contributed by atoms with van der Waals surface area (Å²) >= 11 is 6.23. The van der Waals surface area contributed by atoms with E-state index in [-0.39, 0.29) is 23.6 Å². The number of amides is 1. The first-order valence-corrected chi connectivity index (χ1v) is 13.2. The van der Waals surface area contributed by atoms with E-state index in [9.17, 15) is 18.0 Å². The summed E-state index contributed by atoms with van der Waals surface area (Å²) in [6.07, 6.45) is 0.0636. The molecule has 5 rings (SSSR count). The van der Waals surface area contributed by atoms with Crippen LogP contribution in [0.2, 0.25) is 5.02 Å². The minimum absolute atomic E-state index is 0.125. The number of hydrogen-bond donors (Lipinski definition) is 1. The zero-order valence-electron chi connectivity index (χ0n) is 21.3. The zero-order chi connectivity index (χ0) is 27.6. The minimum atomic E-state index is -4.65. The van der Waals surface area contributed by atoms with E-state index in [0.717, 1.165) is 48.2 Å². The topological polar surface area (TPSA) is 72.7 Å². The van der Waals surface area contributed by atoms with Gasteiger partial charge in [0.2, 0.25) is 0 Å². The molecule has 1 aliphatic rings. The maximum Gasteiger partial charge on any atom is 0.433 e. The number of nitrogens with one attached hydrogen (secondary N) is 1. The standard InChI is InChI=1S/C29H27ClF3N5O/c1-18(20-9-3-2-4-10-20)35-27(39)25-23-13-6-5-11-21(16-19-8-7-12-22(30)17-19)26(23)38(37-25)28-34-15-14-24(36-28)29(31,32)33/h2-4,7-10,12,14-15,17-18,21H,5-6,11,13,16H2,1H3,(H,35,39)/t18-,21?/m1/s1. The van der Waals surface area contributed by atoms with Crippen molar-refractivity contribution in [3.8, 4) is 5.95 Å². The summed E-state index contributed by atoms with van der Waals surface area (Å²) in [7, 11) is 0. The maximum absolute atomic E-state index is 13.6. The van der Waals surface area contributed by atoms with Crippen LogP contribution in [0.5, 0.6) is 0 Å². The molecule has 1 N–H and O–H groups in total. The largest absolute Gasteiger partial charge is 0.433 e. The molecule has 0 aliphatic heterocycles. The average Bonchev–Trinajstić information content (AvgIpc) is 3.18. The number of rotatable bonds is 6. The molecule has 2 heterocycles. The number of nitrogens with zero attached hydrogens (tertiary/aromatic N) is 4. The highest BCUT2D eigenvalue weighted by atomic mass is 35.5. The fourth-order valence-corrected chi connectivity index (χ4v) is 5.35. The van der Waals surface area contributed by atoms with E-state index in [4.69, 9.17) is 11.6 Å². The van der Waals surface area contributed by atoms with Crippen molar-refractivity contribution in [3.05, 3.63) is 106 Å². The molecule has 0 saturated heterocycles. The number of carbonyl (C=O) groups is 1. The van der Waals surface area contributed by atoms with Gasteiger partial charge in [-0.05, 0) is 61.9 Å². The van der Waals surface area contributed by atoms with Crippen molar-refractivity contribution in [2.75, 3.05) is 0 Å². The molecule has 1 unspecified atom stereocenters. The third-order valence-corrected chi connectivity index (χ3v) is 7.23. The number of hydrogen-bond acceptors (Lipinski definition) is 4. The van der Waals surface area contributed by atoms with Gasteiger partial charge in [0.25, 0.3) is 11.9 Å². The number of carbonyl (C=O) groups excluding carboxylic acids is 1.